The molecule has 2 unspecified atom stereocenters. The van der Waals surface area contributed by atoms with E-state index in [0.717, 1.165) is 18.9 Å². The molecule has 1 aliphatic carbocycles. The fourth-order valence-electron chi connectivity index (χ4n) is 3.77. The highest BCUT2D eigenvalue weighted by atomic mass is 16.5. The Kier molecular flexibility index (Phi) is 6.09. The SMILES string of the molecule is CCOC1CC(N)(C(=O)NCCCN2CCC(C)CC2)C1(C)C. The molecule has 0 radical (unpaired) electrons. The normalized spacial score (nSPS) is 31.6. The fourth-order valence-corrected chi connectivity index (χ4v) is 3.77. The van der Waals surface area contributed by atoms with Gasteiger partial charge in [0.25, 0.3) is 0 Å². The topological polar surface area (TPSA) is 67.6 Å². The summed E-state index contributed by atoms with van der Waals surface area (Å²) >= 11 is 0. The Morgan fingerprint density at radius 1 is 1.35 bits per heavy atom. The molecule has 23 heavy (non-hydrogen) atoms. The molecule has 134 valence electrons. The third-order valence-electron chi connectivity index (χ3n) is 6.05. The van der Waals surface area contributed by atoms with Crippen molar-refractivity contribution in [1.82, 2.24) is 10.2 Å². The highest BCUT2D eigenvalue weighted by Gasteiger charge is 2.62. The van der Waals surface area contributed by atoms with E-state index in [2.05, 4.69) is 17.1 Å². The summed E-state index contributed by atoms with van der Waals surface area (Å²) in [5.74, 6) is 0.841. The summed E-state index contributed by atoms with van der Waals surface area (Å²) in [7, 11) is 0. The monoisotopic (exact) mass is 325 g/mol. The number of hydrogen-bond donors (Lipinski definition) is 2. The number of piperidine rings is 1. The van der Waals surface area contributed by atoms with Crippen LogP contribution in [0.25, 0.3) is 0 Å². The number of carbonyl (C=O) groups excluding carboxylic acids is 1. The Labute approximate surface area is 141 Å². The number of hydrogen-bond acceptors (Lipinski definition) is 4. The summed E-state index contributed by atoms with van der Waals surface area (Å²) in [6, 6.07) is 0. The molecule has 2 atom stereocenters. The minimum absolute atomic E-state index is 0.0225. The summed E-state index contributed by atoms with van der Waals surface area (Å²) in [5.41, 5.74) is 5.27. The largest absolute Gasteiger partial charge is 0.378 e. The van der Waals surface area contributed by atoms with E-state index in [1.54, 1.807) is 0 Å². The Hall–Kier alpha value is -0.650. The summed E-state index contributed by atoms with van der Waals surface area (Å²) in [5, 5.41) is 3.05. The van der Waals surface area contributed by atoms with Crippen LogP contribution in [0, 0.1) is 11.3 Å². The van der Waals surface area contributed by atoms with E-state index in [4.69, 9.17) is 10.5 Å². The lowest BCUT2D eigenvalue weighted by atomic mass is 9.54. The predicted octanol–water partition coefficient (Wildman–Crippen LogP) is 1.76. The Morgan fingerprint density at radius 2 is 2.00 bits per heavy atom. The molecular weight excluding hydrogens is 290 g/mol. The third kappa shape index (κ3) is 3.89. The predicted molar refractivity (Wildman–Crippen MR) is 93.2 cm³/mol. The number of rotatable bonds is 7. The van der Waals surface area contributed by atoms with Gasteiger partial charge in [-0.15, -0.1) is 0 Å². The highest BCUT2D eigenvalue weighted by Crippen LogP contribution is 2.49. The van der Waals surface area contributed by atoms with Gasteiger partial charge >= 0.3 is 0 Å². The van der Waals surface area contributed by atoms with Gasteiger partial charge in [-0.25, -0.2) is 0 Å². The number of carbonyl (C=O) groups is 1. The molecular formula is C18H35N3O2. The Balaban J connectivity index is 1.69. The van der Waals surface area contributed by atoms with Crippen LogP contribution in [0.3, 0.4) is 0 Å². The van der Waals surface area contributed by atoms with Gasteiger partial charge in [-0.05, 0) is 51.7 Å². The molecule has 1 aliphatic heterocycles. The lowest BCUT2D eigenvalue weighted by Crippen LogP contribution is -2.75. The van der Waals surface area contributed by atoms with Crippen molar-refractivity contribution in [2.75, 3.05) is 32.8 Å². The van der Waals surface area contributed by atoms with Crippen molar-refractivity contribution in [3.8, 4) is 0 Å². The molecule has 0 aromatic heterocycles. The van der Waals surface area contributed by atoms with Gasteiger partial charge in [-0.1, -0.05) is 20.8 Å². The number of nitrogens with one attached hydrogen (secondary N) is 1. The molecule has 1 saturated heterocycles. The van der Waals surface area contributed by atoms with Crippen molar-refractivity contribution in [1.29, 1.82) is 0 Å². The quantitative estimate of drug-likeness (QED) is 0.700. The number of ether oxygens (including phenoxy) is 1. The van der Waals surface area contributed by atoms with Crippen molar-refractivity contribution in [3.63, 3.8) is 0 Å². The molecule has 2 rings (SSSR count). The lowest BCUT2D eigenvalue weighted by Gasteiger charge is -2.57. The highest BCUT2D eigenvalue weighted by molar-refractivity contribution is 5.88. The molecule has 0 aromatic carbocycles. The minimum atomic E-state index is -0.798. The second-order valence-electron chi connectivity index (χ2n) is 7.97. The van der Waals surface area contributed by atoms with Gasteiger partial charge in [-0.3, -0.25) is 4.79 Å². The minimum Gasteiger partial charge on any atom is -0.378 e. The zero-order chi connectivity index (χ0) is 17.1. The first-order valence-corrected chi connectivity index (χ1v) is 9.22. The summed E-state index contributed by atoms with van der Waals surface area (Å²) in [4.78, 5) is 15.0. The van der Waals surface area contributed by atoms with E-state index in [1.807, 2.05) is 20.8 Å². The van der Waals surface area contributed by atoms with Crippen LogP contribution in [0.4, 0.5) is 0 Å². The molecule has 3 N–H and O–H groups in total. The van der Waals surface area contributed by atoms with Gasteiger partial charge in [0.1, 0.15) is 5.54 Å². The average Bonchev–Trinajstić information content (AvgIpc) is 2.52. The van der Waals surface area contributed by atoms with Crippen LogP contribution in [0.15, 0.2) is 0 Å². The van der Waals surface area contributed by atoms with Crippen molar-refractivity contribution in [3.05, 3.63) is 0 Å². The van der Waals surface area contributed by atoms with Crippen molar-refractivity contribution >= 4 is 5.91 Å². The summed E-state index contributed by atoms with van der Waals surface area (Å²) in [6.45, 7) is 13.2. The van der Waals surface area contributed by atoms with Gasteiger partial charge < -0.3 is 20.7 Å². The zero-order valence-corrected chi connectivity index (χ0v) is 15.4. The zero-order valence-electron chi connectivity index (χ0n) is 15.4. The van der Waals surface area contributed by atoms with Crippen LogP contribution < -0.4 is 11.1 Å². The average molecular weight is 325 g/mol. The van der Waals surface area contributed by atoms with Gasteiger partial charge in [0, 0.05) is 25.0 Å². The van der Waals surface area contributed by atoms with E-state index in [9.17, 15) is 4.79 Å². The van der Waals surface area contributed by atoms with Crippen LogP contribution in [-0.2, 0) is 9.53 Å². The maximum absolute atomic E-state index is 12.5. The van der Waals surface area contributed by atoms with Crippen LogP contribution >= 0.6 is 0 Å². The van der Waals surface area contributed by atoms with Crippen LogP contribution in [0.2, 0.25) is 0 Å². The van der Waals surface area contributed by atoms with Crippen LogP contribution in [0.1, 0.15) is 53.4 Å². The number of amides is 1. The van der Waals surface area contributed by atoms with Crippen LogP contribution in [0.5, 0.6) is 0 Å². The number of likely N-dealkylation sites (tertiary alicyclic amines) is 1. The molecule has 0 aromatic rings. The van der Waals surface area contributed by atoms with Gasteiger partial charge in [-0.2, -0.15) is 0 Å². The Bertz CT molecular complexity index is 405. The second-order valence-corrected chi connectivity index (χ2v) is 7.97. The Morgan fingerprint density at radius 3 is 2.57 bits per heavy atom. The van der Waals surface area contributed by atoms with E-state index in [0.29, 0.717) is 19.6 Å². The number of nitrogens with zero attached hydrogens (tertiary/aromatic N) is 1. The molecule has 0 bridgehead atoms. The smallest absolute Gasteiger partial charge is 0.240 e. The van der Waals surface area contributed by atoms with Crippen molar-refractivity contribution in [2.45, 2.75) is 65.0 Å². The first-order valence-electron chi connectivity index (χ1n) is 9.22. The molecule has 5 nitrogen and oxygen atoms in total. The number of nitrogens with two attached hydrogens (primary N) is 1. The van der Waals surface area contributed by atoms with E-state index in [-0.39, 0.29) is 17.4 Å². The third-order valence-corrected chi connectivity index (χ3v) is 6.05. The second kappa shape index (κ2) is 7.49. The summed E-state index contributed by atoms with van der Waals surface area (Å²) in [6.07, 6.45) is 4.28. The van der Waals surface area contributed by atoms with Crippen LogP contribution in [-0.4, -0.2) is 55.2 Å². The first kappa shape index (κ1) is 18.7. The van der Waals surface area contributed by atoms with E-state index in [1.165, 1.54) is 25.9 Å². The van der Waals surface area contributed by atoms with E-state index >= 15 is 0 Å². The van der Waals surface area contributed by atoms with Crippen molar-refractivity contribution in [2.24, 2.45) is 17.1 Å². The molecule has 2 fully saturated rings. The van der Waals surface area contributed by atoms with Gasteiger partial charge in [0.2, 0.25) is 5.91 Å². The van der Waals surface area contributed by atoms with Gasteiger partial charge in [0.05, 0.1) is 6.10 Å². The maximum Gasteiger partial charge on any atom is 0.240 e. The standard InChI is InChI=1S/C18H35N3O2/c1-5-23-15-13-18(19,17(15,3)4)16(22)20-9-6-10-21-11-7-14(2)8-12-21/h14-15H,5-13,19H2,1-4H3,(H,20,22). The first-order chi connectivity index (χ1) is 10.8. The molecule has 2 aliphatic rings. The van der Waals surface area contributed by atoms with Crippen molar-refractivity contribution < 1.29 is 9.53 Å². The van der Waals surface area contributed by atoms with E-state index < -0.39 is 5.54 Å². The fraction of sp³-hybridized carbons (Fsp3) is 0.944. The molecule has 1 amide bonds. The molecule has 1 heterocycles. The maximum atomic E-state index is 12.5. The van der Waals surface area contributed by atoms with Gasteiger partial charge in [0.15, 0.2) is 0 Å². The molecule has 1 saturated carbocycles. The lowest BCUT2D eigenvalue weighted by molar-refractivity contribution is -0.170. The molecule has 0 spiro atoms. The molecule has 5 heteroatoms. The summed E-state index contributed by atoms with van der Waals surface area (Å²) < 4.78 is 5.69.